The van der Waals surface area contributed by atoms with Crippen molar-refractivity contribution < 1.29 is 249 Å². The topological polar surface area (TPSA) is 694 Å². The normalized spacial score (nSPS) is 17.3. The number of rotatable bonds is 83. The predicted octanol–water partition coefficient (Wildman–Crippen LogP) is -4.12. The molecule has 4 unspecified atom stereocenters. The van der Waals surface area contributed by atoms with Gasteiger partial charge in [-0.2, -0.15) is 0 Å². The van der Waals surface area contributed by atoms with Crippen molar-refractivity contribution in [2.24, 2.45) is 5.41 Å². The Morgan fingerprint density at radius 1 is 0.195 bits per heavy atom. The Hall–Kier alpha value is -12.3. The number of hydrogen-bond donors (Lipinski definition) is 0. The Labute approximate surface area is 849 Å². The number of hydrogen-bond acceptors (Lipinski definition) is 52. The summed E-state index contributed by atoms with van der Waals surface area (Å²) in [5.41, 5.74) is -1.65. The molecule has 830 valence electrons. The number of ether oxygens (including phenoxy) is 20. The molecule has 8 aliphatic rings. The van der Waals surface area contributed by atoms with E-state index in [2.05, 4.69) is 6.58 Å². The molecule has 8 aliphatic heterocycles. The second-order valence-corrected chi connectivity index (χ2v) is 32.9. The summed E-state index contributed by atoms with van der Waals surface area (Å²) in [6, 6.07) is 0. The third kappa shape index (κ3) is 45.9. The molecule has 8 saturated heterocycles. The largest absolute Gasteiger partial charge is 0.484 e. The standard InChI is InChI=1S/C89H122N8O52/c1-60(88(121)149-97-79(112)16-17-80(97)113)137-46-47-141-64(51-132-39-35-125-28-21-84(117)145-93-71(104)8-9-72(93)105)55-136-59-89(56-133-52-61(138-43-40-126-29-22-85(118)146-94-73(106)10-11-74(94)107)48-129-36-32-122-25-18-81(114)142-90-65(98)2-3-66(90)99,57-134-53-62(139-44-41-127-30-23-86(119)147-95-75(108)12-13-76(95)109)49-130-37-33-123-26-19-82(115)143-91-67(100)4-5-68(91)101)58-135-54-63(140-45-42-128-31-24-87(120)148-96-77(110)14-15-78(96)111)50-131-38-34-124-27-20-83(116)144-92-69(102)6-7-70(92)103/h61-64H,1-59H2. The molecule has 0 aromatic rings. The first-order valence-corrected chi connectivity index (χ1v) is 47.7. The van der Waals surface area contributed by atoms with E-state index in [0.29, 0.717) is 35.4 Å². The lowest BCUT2D eigenvalue weighted by atomic mass is 9.92. The molecule has 0 aliphatic carbocycles. The van der Waals surface area contributed by atoms with Gasteiger partial charge < -0.3 is 133 Å². The minimum atomic E-state index is -1.65. The molecule has 60 heteroatoms. The van der Waals surface area contributed by atoms with Gasteiger partial charge in [0.25, 0.3) is 94.5 Å². The van der Waals surface area contributed by atoms with Gasteiger partial charge in [-0.25, -0.2) is 38.4 Å². The van der Waals surface area contributed by atoms with Crippen LogP contribution in [-0.4, -0.2) is 438 Å². The minimum Gasteiger partial charge on any atom is -0.484 e. The van der Waals surface area contributed by atoms with Crippen molar-refractivity contribution in [3.05, 3.63) is 12.3 Å². The molecule has 0 spiro atoms. The van der Waals surface area contributed by atoms with E-state index < -0.39 is 289 Å². The quantitative estimate of drug-likeness (QED) is 0.0242. The van der Waals surface area contributed by atoms with Crippen molar-refractivity contribution in [2.75, 3.05) is 231 Å². The summed E-state index contributed by atoms with van der Waals surface area (Å²) >= 11 is 0. The van der Waals surface area contributed by atoms with Crippen LogP contribution in [-0.2, 0) is 249 Å². The zero-order valence-corrected chi connectivity index (χ0v) is 81.8. The highest BCUT2D eigenvalue weighted by molar-refractivity contribution is 6.06. The fourth-order valence-corrected chi connectivity index (χ4v) is 13.3. The van der Waals surface area contributed by atoms with E-state index in [1.165, 1.54) is 0 Å². The minimum absolute atomic E-state index is 0.147. The molecular formula is C89H122N8O52. The maximum absolute atomic E-state index is 13.0. The molecule has 0 saturated carbocycles. The lowest BCUT2D eigenvalue weighted by Crippen LogP contribution is -2.45. The van der Waals surface area contributed by atoms with Gasteiger partial charge >= 0.3 is 47.8 Å². The van der Waals surface area contributed by atoms with Gasteiger partial charge in [0.15, 0.2) is 5.76 Å². The molecule has 8 fully saturated rings. The van der Waals surface area contributed by atoms with Crippen molar-refractivity contribution in [3.8, 4) is 0 Å². The highest BCUT2D eigenvalue weighted by atomic mass is 16.8. The fraction of sp³-hybridized carbons (Fsp3) is 0.708. The van der Waals surface area contributed by atoms with Gasteiger partial charge in [0.2, 0.25) is 0 Å². The Kier molecular flexibility index (Phi) is 55.3. The Morgan fingerprint density at radius 2 is 0.342 bits per heavy atom. The molecule has 8 heterocycles. The molecule has 0 N–H and O–H groups in total. The van der Waals surface area contributed by atoms with E-state index in [4.69, 9.17) is 133 Å². The van der Waals surface area contributed by atoms with Crippen molar-refractivity contribution in [2.45, 2.75) is 172 Å². The lowest BCUT2D eigenvalue weighted by Gasteiger charge is -2.35. The second kappa shape index (κ2) is 67.7. The van der Waals surface area contributed by atoms with Crippen LogP contribution in [0.2, 0.25) is 0 Å². The van der Waals surface area contributed by atoms with Gasteiger partial charge in [-0.15, -0.1) is 40.5 Å². The molecule has 149 heavy (non-hydrogen) atoms. The van der Waals surface area contributed by atoms with Gasteiger partial charge in [0.1, 0.15) is 31.0 Å². The van der Waals surface area contributed by atoms with Crippen molar-refractivity contribution >= 4 is 142 Å². The van der Waals surface area contributed by atoms with Crippen LogP contribution in [0.1, 0.15) is 148 Å². The maximum Gasteiger partial charge on any atom is 0.397 e. The molecule has 8 rings (SSSR count). The summed E-state index contributed by atoms with van der Waals surface area (Å²) in [6.07, 6.45) is -9.88. The monoisotopic (exact) mass is 2130 g/mol. The first-order valence-electron chi connectivity index (χ1n) is 47.7. The van der Waals surface area contributed by atoms with Crippen molar-refractivity contribution in [1.82, 2.24) is 40.5 Å². The summed E-state index contributed by atoms with van der Waals surface area (Å²) in [7, 11) is 0. The van der Waals surface area contributed by atoms with Crippen LogP contribution < -0.4 is 0 Å². The van der Waals surface area contributed by atoms with Gasteiger partial charge in [0, 0.05) is 103 Å². The zero-order valence-electron chi connectivity index (χ0n) is 81.8. The molecule has 0 bridgehead atoms. The average Bonchev–Trinajstić information content (AvgIpc) is 1.47. The van der Waals surface area contributed by atoms with Gasteiger partial charge in [-0.1, -0.05) is 0 Å². The van der Waals surface area contributed by atoms with Crippen LogP contribution in [0.25, 0.3) is 0 Å². The van der Waals surface area contributed by atoms with Gasteiger partial charge in [0.05, 0.1) is 275 Å². The third-order valence-corrected chi connectivity index (χ3v) is 21.0. The van der Waals surface area contributed by atoms with Gasteiger partial charge in [-0.05, 0) is 6.58 Å². The Morgan fingerprint density at radius 3 is 0.523 bits per heavy atom. The van der Waals surface area contributed by atoms with Crippen molar-refractivity contribution in [3.63, 3.8) is 0 Å². The Bertz CT molecular complexity index is 4140. The zero-order chi connectivity index (χ0) is 108. The first kappa shape index (κ1) is 122. The van der Waals surface area contributed by atoms with E-state index in [-0.39, 0.29) is 273 Å². The molecule has 0 aromatic carbocycles. The van der Waals surface area contributed by atoms with Crippen LogP contribution in [0.4, 0.5) is 0 Å². The number of carbonyl (C=O) groups is 24. The molecule has 16 amide bonds. The number of hydroxylamine groups is 16. The average molecular weight is 2140 g/mol. The lowest BCUT2D eigenvalue weighted by molar-refractivity contribution is -0.198. The summed E-state index contributed by atoms with van der Waals surface area (Å²) in [6.45, 7) is -6.94. The van der Waals surface area contributed by atoms with E-state index in [1.807, 2.05) is 0 Å². The molecule has 0 aromatic heterocycles. The molecular weight excluding hydrogens is 2010 g/mol. The van der Waals surface area contributed by atoms with Crippen LogP contribution in [0, 0.1) is 5.41 Å². The van der Waals surface area contributed by atoms with E-state index in [0.717, 1.165) is 0 Å². The Balaban J connectivity index is 1.07. The highest BCUT2D eigenvalue weighted by Crippen LogP contribution is 2.26. The third-order valence-electron chi connectivity index (χ3n) is 21.0. The van der Waals surface area contributed by atoms with Crippen molar-refractivity contribution in [1.29, 1.82) is 0 Å². The number of carbonyl (C=O) groups excluding carboxylic acids is 24. The van der Waals surface area contributed by atoms with Crippen LogP contribution in [0.5, 0.6) is 0 Å². The number of amides is 16. The number of imide groups is 8. The van der Waals surface area contributed by atoms with E-state index >= 15 is 0 Å². The maximum atomic E-state index is 13.0. The fourth-order valence-electron chi connectivity index (χ4n) is 13.3. The molecule has 0 radical (unpaired) electrons. The van der Waals surface area contributed by atoms with Crippen LogP contribution in [0.15, 0.2) is 12.3 Å². The van der Waals surface area contributed by atoms with Crippen LogP contribution >= 0.6 is 0 Å². The highest BCUT2D eigenvalue weighted by Gasteiger charge is 2.42. The first-order chi connectivity index (χ1) is 71.7. The van der Waals surface area contributed by atoms with E-state index in [1.54, 1.807) is 0 Å². The summed E-state index contributed by atoms with van der Waals surface area (Å²) in [5, 5.41) is 2.88. The van der Waals surface area contributed by atoms with Gasteiger partial charge in [-0.3, -0.25) is 76.7 Å². The van der Waals surface area contributed by atoms with Crippen LogP contribution in [0.3, 0.4) is 0 Å². The smallest absolute Gasteiger partial charge is 0.397 e. The van der Waals surface area contributed by atoms with E-state index in [9.17, 15) is 115 Å². The molecule has 60 nitrogen and oxygen atoms in total. The summed E-state index contributed by atoms with van der Waals surface area (Å²) < 4.78 is 120. The predicted molar refractivity (Wildman–Crippen MR) is 469 cm³/mol. The molecule has 4 atom stereocenters. The summed E-state index contributed by atoms with van der Waals surface area (Å²) in [4.78, 5) is 336. The number of nitrogens with zero attached hydrogens (tertiary/aromatic N) is 8. The second-order valence-electron chi connectivity index (χ2n) is 32.9. The SMILES string of the molecule is C=C(OCCOC(COCCOCCC(=O)ON1C(=O)CCC1=O)COCC(COCC(COCCOCCC(=O)ON1C(=O)CCC1=O)OCCOCCC(=O)ON1C(=O)CCC1=O)(COCC(COCCOCCC(=O)ON1C(=O)CCC1=O)OCCOCCC(=O)ON1C(=O)CCC1=O)COCC(COCCOCCC(=O)ON1C(=O)CCC1=O)OCCOCCC(=O)ON1C(=O)CCC1=O)C(=O)ON1C(=O)CCC1=O. The summed E-state index contributed by atoms with van der Waals surface area (Å²) in [5.74, 6) is -20.2.